The van der Waals surface area contributed by atoms with Gasteiger partial charge >= 0.3 is 0 Å². The second-order valence-corrected chi connectivity index (χ2v) is 6.65. The second-order valence-electron chi connectivity index (χ2n) is 4.18. The molecule has 0 saturated carbocycles. The van der Waals surface area contributed by atoms with E-state index in [1.54, 1.807) is 18.2 Å². The third-order valence-electron chi connectivity index (χ3n) is 2.49. The number of hydrogen-bond acceptors (Lipinski definition) is 3. The number of aryl methyl sites for hydroxylation is 1. The van der Waals surface area contributed by atoms with Crippen LogP contribution in [0.1, 0.15) is 11.1 Å². The summed E-state index contributed by atoms with van der Waals surface area (Å²) in [6.45, 7) is 1.85. The molecule has 1 N–H and O–H groups in total. The Kier molecular flexibility index (Phi) is 4.21. The van der Waals surface area contributed by atoms with E-state index < -0.39 is 10.0 Å². The van der Waals surface area contributed by atoms with Gasteiger partial charge in [-0.3, -0.25) is 4.72 Å². The number of aromatic nitrogens is 1. The fourth-order valence-electron chi connectivity index (χ4n) is 1.62. The quantitative estimate of drug-likeness (QED) is 0.870. The van der Waals surface area contributed by atoms with Crippen LogP contribution in [0.15, 0.2) is 47.2 Å². The minimum Gasteiger partial charge on any atom is -0.282 e. The maximum atomic E-state index is 12.0. The van der Waals surface area contributed by atoms with Gasteiger partial charge in [0.2, 0.25) is 10.0 Å². The Bertz CT molecular complexity index is 672. The van der Waals surface area contributed by atoms with Crippen LogP contribution in [-0.2, 0) is 15.8 Å². The van der Waals surface area contributed by atoms with Crippen LogP contribution < -0.4 is 4.72 Å². The van der Waals surface area contributed by atoms with E-state index in [0.717, 1.165) is 11.1 Å². The predicted octanol–water partition coefficient (Wildman–Crippen LogP) is 3.09. The van der Waals surface area contributed by atoms with Crippen molar-refractivity contribution in [2.24, 2.45) is 0 Å². The molecule has 1 aromatic carbocycles. The molecule has 0 aliphatic heterocycles. The van der Waals surface area contributed by atoms with E-state index in [-0.39, 0.29) is 5.75 Å². The zero-order valence-corrected chi connectivity index (χ0v) is 12.7. The van der Waals surface area contributed by atoms with Crippen LogP contribution in [0.3, 0.4) is 0 Å². The summed E-state index contributed by atoms with van der Waals surface area (Å²) in [6.07, 6.45) is 1.49. The lowest BCUT2D eigenvalue weighted by Gasteiger charge is -2.09. The number of hydrogen-bond donors (Lipinski definition) is 1. The van der Waals surface area contributed by atoms with E-state index in [9.17, 15) is 8.42 Å². The fourth-order valence-corrected chi connectivity index (χ4v) is 3.01. The predicted molar refractivity (Wildman–Crippen MR) is 79.4 cm³/mol. The van der Waals surface area contributed by atoms with Crippen LogP contribution in [0.4, 0.5) is 5.69 Å². The minimum atomic E-state index is -3.42. The number of halogens is 1. The first kappa shape index (κ1) is 14.0. The van der Waals surface area contributed by atoms with Crippen LogP contribution in [0.25, 0.3) is 0 Å². The average Bonchev–Trinajstić information content (AvgIpc) is 2.34. The lowest BCUT2D eigenvalue weighted by atomic mass is 10.2. The number of anilines is 1. The summed E-state index contributed by atoms with van der Waals surface area (Å²) < 4.78 is 27.3. The van der Waals surface area contributed by atoms with Gasteiger partial charge in [0.15, 0.2) is 0 Å². The molecular weight excluding hydrogens is 328 g/mol. The van der Waals surface area contributed by atoms with Crippen molar-refractivity contribution in [1.29, 1.82) is 0 Å². The van der Waals surface area contributed by atoms with E-state index in [2.05, 4.69) is 25.6 Å². The highest BCUT2D eigenvalue weighted by Gasteiger charge is 2.12. The number of pyridine rings is 1. The monoisotopic (exact) mass is 340 g/mol. The normalized spacial score (nSPS) is 11.3. The Balaban J connectivity index is 2.15. The summed E-state index contributed by atoms with van der Waals surface area (Å²) in [5.41, 5.74) is 2.09. The molecule has 19 heavy (non-hydrogen) atoms. The summed E-state index contributed by atoms with van der Waals surface area (Å²) in [6, 6.07) is 10.8. The summed E-state index contributed by atoms with van der Waals surface area (Å²) in [7, 11) is -3.42. The van der Waals surface area contributed by atoms with Crippen molar-refractivity contribution < 1.29 is 8.42 Å². The molecule has 0 saturated heterocycles. The number of nitrogens with zero attached hydrogens (tertiary/aromatic N) is 1. The van der Waals surface area contributed by atoms with Crippen molar-refractivity contribution in [1.82, 2.24) is 4.98 Å². The molecule has 0 aliphatic rings. The largest absolute Gasteiger partial charge is 0.282 e. The Morgan fingerprint density at radius 2 is 1.95 bits per heavy atom. The van der Waals surface area contributed by atoms with Gasteiger partial charge in [0, 0.05) is 0 Å². The highest BCUT2D eigenvalue weighted by Crippen LogP contribution is 2.18. The molecule has 0 aliphatic carbocycles. The van der Waals surface area contributed by atoms with Gasteiger partial charge in [-0.15, -0.1) is 0 Å². The third-order valence-corrected chi connectivity index (χ3v) is 4.58. The third kappa shape index (κ3) is 4.04. The summed E-state index contributed by atoms with van der Waals surface area (Å²) in [5, 5.41) is 0. The van der Waals surface area contributed by atoms with Gasteiger partial charge in [-0.05, 0) is 40.0 Å². The van der Waals surface area contributed by atoms with Gasteiger partial charge < -0.3 is 0 Å². The first-order valence-electron chi connectivity index (χ1n) is 5.63. The van der Waals surface area contributed by atoms with E-state index in [1.807, 2.05) is 25.1 Å². The molecule has 1 aromatic heterocycles. The van der Waals surface area contributed by atoms with E-state index in [0.29, 0.717) is 10.3 Å². The second kappa shape index (κ2) is 5.71. The van der Waals surface area contributed by atoms with Gasteiger partial charge in [-0.2, -0.15) is 0 Å². The van der Waals surface area contributed by atoms with Crippen LogP contribution in [0.2, 0.25) is 0 Å². The molecular formula is C13H13BrN2O2S. The van der Waals surface area contributed by atoms with E-state index in [1.165, 1.54) is 6.20 Å². The van der Waals surface area contributed by atoms with Gasteiger partial charge in [0.25, 0.3) is 0 Å². The smallest absolute Gasteiger partial charge is 0.236 e. The summed E-state index contributed by atoms with van der Waals surface area (Å²) in [5.74, 6) is -0.0526. The molecule has 0 atom stereocenters. The molecule has 0 radical (unpaired) electrons. The molecule has 2 aromatic rings. The summed E-state index contributed by atoms with van der Waals surface area (Å²) in [4.78, 5) is 4.06. The SMILES string of the molecule is Cc1cc(NS(=O)(=O)Cc2ccccc2)cnc1Br. The molecule has 1 heterocycles. The van der Waals surface area contributed by atoms with E-state index >= 15 is 0 Å². The molecule has 100 valence electrons. The van der Waals surface area contributed by atoms with Gasteiger partial charge in [0.05, 0.1) is 17.6 Å². The summed E-state index contributed by atoms with van der Waals surface area (Å²) >= 11 is 3.27. The number of benzene rings is 1. The van der Waals surface area contributed by atoms with Crippen molar-refractivity contribution in [3.8, 4) is 0 Å². The molecule has 6 heteroatoms. The van der Waals surface area contributed by atoms with Gasteiger partial charge in [-0.1, -0.05) is 30.3 Å². The maximum absolute atomic E-state index is 12.0. The fraction of sp³-hybridized carbons (Fsp3) is 0.154. The minimum absolute atomic E-state index is 0.0526. The zero-order chi connectivity index (χ0) is 13.9. The average molecular weight is 341 g/mol. The van der Waals surface area contributed by atoms with Crippen molar-refractivity contribution in [3.05, 3.63) is 58.3 Å². The number of sulfonamides is 1. The Hall–Kier alpha value is -1.40. The van der Waals surface area contributed by atoms with Gasteiger partial charge in [-0.25, -0.2) is 13.4 Å². The van der Waals surface area contributed by atoms with Gasteiger partial charge in [0.1, 0.15) is 4.60 Å². The maximum Gasteiger partial charge on any atom is 0.236 e. The molecule has 0 spiro atoms. The molecule has 0 amide bonds. The topological polar surface area (TPSA) is 59.1 Å². The zero-order valence-electron chi connectivity index (χ0n) is 10.3. The first-order valence-corrected chi connectivity index (χ1v) is 8.07. The number of nitrogens with one attached hydrogen (secondary N) is 1. The van der Waals surface area contributed by atoms with Crippen LogP contribution >= 0.6 is 15.9 Å². The number of rotatable bonds is 4. The Morgan fingerprint density at radius 1 is 1.26 bits per heavy atom. The molecule has 2 rings (SSSR count). The molecule has 4 nitrogen and oxygen atoms in total. The van der Waals surface area contributed by atoms with Crippen molar-refractivity contribution >= 4 is 31.6 Å². The van der Waals surface area contributed by atoms with Crippen LogP contribution in [-0.4, -0.2) is 13.4 Å². The molecule has 0 bridgehead atoms. The van der Waals surface area contributed by atoms with E-state index in [4.69, 9.17) is 0 Å². The Morgan fingerprint density at radius 3 is 2.58 bits per heavy atom. The van der Waals surface area contributed by atoms with Crippen LogP contribution in [0.5, 0.6) is 0 Å². The molecule has 0 unspecified atom stereocenters. The lowest BCUT2D eigenvalue weighted by molar-refractivity contribution is 0.600. The Labute approximate surface area is 121 Å². The highest BCUT2D eigenvalue weighted by molar-refractivity contribution is 9.10. The molecule has 0 fully saturated rings. The lowest BCUT2D eigenvalue weighted by Crippen LogP contribution is -2.15. The van der Waals surface area contributed by atoms with Crippen molar-refractivity contribution in [3.63, 3.8) is 0 Å². The van der Waals surface area contributed by atoms with Crippen molar-refractivity contribution in [2.45, 2.75) is 12.7 Å². The highest BCUT2D eigenvalue weighted by atomic mass is 79.9. The first-order chi connectivity index (χ1) is 8.96. The van der Waals surface area contributed by atoms with Crippen LogP contribution in [0, 0.1) is 6.92 Å². The standard InChI is InChI=1S/C13H13BrN2O2S/c1-10-7-12(8-15-13(10)14)16-19(17,18)9-11-5-3-2-4-6-11/h2-8,16H,9H2,1H3. The van der Waals surface area contributed by atoms with Crippen molar-refractivity contribution in [2.75, 3.05) is 4.72 Å².